The van der Waals surface area contributed by atoms with Crippen LogP contribution < -0.4 is 5.32 Å². The minimum atomic E-state index is 0.255. The lowest BCUT2D eigenvalue weighted by atomic mass is 10.1. The lowest BCUT2D eigenvalue weighted by Gasteiger charge is -2.28. The van der Waals surface area contributed by atoms with E-state index < -0.39 is 0 Å². The second kappa shape index (κ2) is 6.21. The predicted octanol–water partition coefficient (Wildman–Crippen LogP) is 0.767. The van der Waals surface area contributed by atoms with Crippen LogP contribution in [0.25, 0.3) is 0 Å². The molecule has 4 heteroatoms. The number of carbonyl (C=O) groups excluding carboxylic acids is 1. The summed E-state index contributed by atoms with van der Waals surface area (Å²) in [6.45, 7) is 4.00. The van der Waals surface area contributed by atoms with Crippen molar-refractivity contribution in [3.63, 3.8) is 0 Å². The van der Waals surface area contributed by atoms with Crippen LogP contribution in [-0.2, 0) is 9.53 Å². The Labute approximate surface area is 97.3 Å². The normalized spacial score (nSPS) is 26.8. The van der Waals surface area contributed by atoms with E-state index in [9.17, 15) is 4.79 Å². The first-order valence-corrected chi connectivity index (χ1v) is 6.45. The topological polar surface area (TPSA) is 41.6 Å². The van der Waals surface area contributed by atoms with Gasteiger partial charge in [0.25, 0.3) is 0 Å². The van der Waals surface area contributed by atoms with Crippen molar-refractivity contribution in [2.75, 3.05) is 32.8 Å². The summed E-state index contributed by atoms with van der Waals surface area (Å²) in [7, 11) is 0. The van der Waals surface area contributed by atoms with Gasteiger partial charge in [0.2, 0.25) is 5.91 Å². The molecule has 2 saturated heterocycles. The molecule has 1 unspecified atom stereocenters. The van der Waals surface area contributed by atoms with Gasteiger partial charge in [-0.3, -0.25) is 4.79 Å². The first kappa shape index (κ1) is 11.9. The average Bonchev–Trinajstić information content (AvgIpc) is 2.38. The Bertz CT molecular complexity index is 221. The van der Waals surface area contributed by atoms with Crippen LogP contribution >= 0.6 is 0 Å². The summed E-state index contributed by atoms with van der Waals surface area (Å²) >= 11 is 0. The van der Waals surface area contributed by atoms with Crippen molar-refractivity contribution in [2.45, 2.75) is 38.1 Å². The third-order valence-electron chi connectivity index (χ3n) is 3.41. The van der Waals surface area contributed by atoms with Crippen LogP contribution in [0.2, 0.25) is 0 Å². The van der Waals surface area contributed by atoms with Gasteiger partial charge in [-0.1, -0.05) is 0 Å². The highest BCUT2D eigenvalue weighted by Crippen LogP contribution is 2.09. The molecule has 2 aliphatic rings. The van der Waals surface area contributed by atoms with Crippen molar-refractivity contribution >= 4 is 5.91 Å². The van der Waals surface area contributed by atoms with Gasteiger partial charge in [0.05, 0.1) is 13.2 Å². The number of carbonyl (C=O) groups is 1. The van der Waals surface area contributed by atoms with Crippen LogP contribution in [0.1, 0.15) is 32.1 Å². The number of hydrogen-bond donors (Lipinski definition) is 1. The first-order chi connectivity index (χ1) is 7.86. The van der Waals surface area contributed by atoms with Crippen molar-refractivity contribution in [2.24, 2.45) is 0 Å². The number of likely N-dealkylation sites (tertiary alicyclic amines) is 1. The van der Waals surface area contributed by atoms with E-state index >= 15 is 0 Å². The molecular weight excluding hydrogens is 204 g/mol. The van der Waals surface area contributed by atoms with E-state index in [1.807, 2.05) is 4.90 Å². The van der Waals surface area contributed by atoms with Crippen molar-refractivity contribution in [3.05, 3.63) is 0 Å². The molecule has 0 aliphatic carbocycles. The Balaban J connectivity index is 1.65. The van der Waals surface area contributed by atoms with E-state index in [-0.39, 0.29) is 5.91 Å². The molecule has 1 atom stereocenters. The van der Waals surface area contributed by atoms with Crippen LogP contribution in [0, 0.1) is 0 Å². The molecule has 2 aliphatic heterocycles. The number of piperidine rings is 1. The number of nitrogens with zero attached hydrogens (tertiary/aromatic N) is 1. The molecule has 0 aromatic carbocycles. The Morgan fingerprint density at radius 2 is 2.06 bits per heavy atom. The van der Waals surface area contributed by atoms with Gasteiger partial charge in [-0.2, -0.15) is 0 Å². The zero-order valence-electron chi connectivity index (χ0n) is 9.91. The fourth-order valence-electron chi connectivity index (χ4n) is 2.39. The van der Waals surface area contributed by atoms with Gasteiger partial charge in [0, 0.05) is 25.7 Å². The molecule has 0 aromatic rings. The number of amides is 1. The van der Waals surface area contributed by atoms with Crippen molar-refractivity contribution in [3.8, 4) is 0 Å². The molecule has 92 valence electrons. The van der Waals surface area contributed by atoms with E-state index in [0.29, 0.717) is 12.6 Å². The summed E-state index contributed by atoms with van der Waals surface area (Å²) in [6, 6.07) is 0.377. The molecule has 16 heavy (non-hydrogen) atoms. The van der Waals surface area contributed by atoms with E-state index in [2.05, 4.69) is 5.32 Å². The minimum absolute atomic E-state index is 0.255. The summed E-state index contributed by atoms with van der Waals surface area (Å²) in [6.07, 6.45) is 5.84. The molecule has 1 amide bonds. The van der Waals surface area contributed by atoms with E-state index in [4.69, 9.17) is 4.74 Å². The summed E-state index contributed by atoms with van der Waals surface area (Å²) in [5.74, 6) is 0.255. The second-order valence-electron chi connectivity index (χ2n) is 4.74. The lowest BCUT2D eigenvalue weighted by Crippen LogP contribution is -2.45. The molecule has 2 rings (SSSR count). The summed E-state index contributed by atoms with van der Waals surface area (Å²) in [5.41, 5.74) is 0. The van der Waals surface area contributed by atoms with Gasteiger partial charge in [-0.25, -0.2) is 0 Å². The third kappa shape index (κ3) is 3.46. The molecule has 0 radical (unpaired) electrons. The number of nitrogens with one attached hydrogen (secondary N) is 1. The van der Waals surface area contributed by atoms with Gasteiger partial charge in [0.1, 0.15) is 0 Å². The molecule has 0 aromatic heterocycles. The van der Waals surface area contributed by atoms with E-state index in [0.717, 1.165) is 52.0 Å². The van der Waals surface area contributed by atoms with Gasteiger partial charge in [-0.05, 0) is 32.1 Å². The standard InChI is InChI=1S/C12H22N2O2/c15-12(14-6-2-1-3-7-14)9-13-11-5-4-8-16-10-11/h11,13H,1-10H2. The van der Waals surface area contributed by atoms with Crippen LogP contribution in [0.15, 0.2) is 0 Å². The number of rotatable bonds is 3. The molecular formula is C12H22N2O2. The molecule has 0 spiro atoms. The maximum Gasteiger partial charge on any atom is 0.236 e. The van der Waals surface area contributed by atoms with E-state index in [1.165, 1.54) is 6.42 Å². The molecule has 4 nitrogen and oxygen atoms in total. The fraction of sp³-hybridized carbons (Fsp3) is 0.917. The Hall–Kier alpha value is -0.610. The van der Waals surface area contributed by atoms with Crippen LogP contribution in [-0.4, -0.2) is 49.7 Å². The first-order valence-electron chi connectivity index (χ1n) is 6.45. The van der Waals surface area contributed by atoms with Crippen molar-refractivity contribution in [1.82, 2.24) is 10.2 Å². The summed E-state index contributed by atoms with van der Waals surface area (Å²) in [5, 5.41) is 3.30. The van der Waals surface area contributed by atoms with Crippen molar-refractivity contribution < 1.29 is 9.53 Å². The maximum absolute atomic E-state index is 11.9. The Morgan fingerprint density at radius 3 is 2.75 bits per heavy atom. The van der Waals surface area contributed by atoms with Gasteiger partial charge < -0.3 is 15.0 Å². The summed E-state index contributed by atoms with van der Waals surface area (Å²) < 4.78 is 5.37. The zero-order valence-corrected chi connectivity index (χ0v) is 9.91. The summed E-state index contributed by atoms with van der Waals surface area (Å²) in [4.78, 5) is 13.8. The minimum Gasteiger partial charge on any atom is -0.380 e. The van der Waals surface area contributed by atoms with Crippen LogP contribution in [0.4, 0.5) is 0 Å². The van der Waals surface area contributed by atoms with E-state index in [1.54, 1.807) is 0 Å². The van der Waals surface area contributed by atoms with Gasteiger partial charge >= 0.3 is 0 Å². The second-order valence-corrected chi connectivity index (χ2v) is 4.74. The monoisotopic (exact) mass is 226 g/mol. The SMILES string of the molecule is O=C(CNC1CCCOC1)N1CCCCC1. The average molecular weight is 226 g/mol. The molecule has 2 heterocycles. The number of hydrogen-bond acceptors (Lipinski definition) is 3. The molecule has 1 N–H and O–H groups in total. The quantitative estimate of drug-likeness (QED) is 0.773. The molecule has 0 bridgehead atoms. The van der Waals surface area contributed by atoms with Crippen LogP contribution in [0.5, 0.6) is 0 Å². The van der Waals surface area contributed by atoms with Gasteiger partial charge in [-0.15, -0.1) is 0 Å². The predicted molar refractivity (Wildman–Crippen MR) is 62.3 cm³/mol. The van der Waals surface area contributed by atoms with Crippen molar-refractivity contribution in [1.29, 1.82) is 0 Å². The highest BCUT2D eigenvalue weighted by atomic mass is 16.5. The molecule has 2 fully saturated rings. The van der Waals surface area contributed by atoms with Crippen LogP contribution in [0.3, 0.4) is 0 Å². The largest absolute Gasteiger partial charge is 0.380 e. The zero-order chi connectivity index (χ0) is 11.2. The highest BCUT2D eigenvalue weighted by Gasteiger charge is 2.18. The Morgan fingerprint density at radius 1 is 1.25 bits per heavy atom. The molecule has 0 saturated carbocycles. The highest BCUT2D eigenvalue weighted by molar-refractivity contribution is 5.78. The fourth-order valence-corrected chi connectivity index (χ4v) is 2.39. The maximum atomic E-state index is 11.9. The lowest BCUT2D eigenvalue weighted by molar-refractivity contribution is -0.131. The third-order valence-corrected chi connectivity index (χ3v) is 3.41. The Kier molecular flexibility index (Phi) is 4.60. The number of ether oxygens (including phenoxy) is 1. The smallest absolute Gasteiger partial charge is 0.236 e. The van der Waals surface area contributed by atoms with Gasteiger partial charge in [0.15, 0.2) is 0 Å².